The van der Waals surface area contributed by atoms with Crippen LogP contribution in [-0.2, 0) is 4.74 Å². The van der Waals surface area contributed by atoms with Crippen molar-refractivity contribution in [1.82, 2.24) is 9.97 Å². The number of nitrogens with one attached hydrogen (secondary N) is 1. The molecule has 2 rings (SSSR count). The van der Waals surface area contributed by atoms with Gasteiger partial charge in [0.25, 0.3) is 0 Å². The van der Waals surface area contributed by atoms with Crippen molar-refractivity contribution in [3.05, 3.63) is 18.0 Å². The van der Waals surface area contributed by atoms with E-state index in [1.165, 1.54) is 0 Å². The van der Waals surface area contributed by atoms with E-state index in [-0.39, 0.29) is 18.0 Å². The van der Waals surface area contributed by atoms with Crippen LogP contribution >= 0.6 is 0 Å². The Morgan fingerprint density at radius 2 is 2.41 bits per heavy atom. The summed E-state index contributed by atoms with van der Waals surface area (Å²) in [6.07, 6.45) is 2.76. The third-order valence-electron chi connectivity index (χ3n) is 3.07. The maximum absolute atomic E-state index is 7.37. The van der Waals surface area contributed by atoms with Crippen LogP contribution in [0.5, 0.6) is 0 Å². The van der Waals surface area contributed by atoms with E-state index < -0.39 is 0 Å². The van der Waals surface area contributed by atoms with Crippen molar-refractivity contribution in [2.45, 2.75) is 25.5 Å². The SMILES string of the molecule is CC1OCCC1N(C)c1nccc(C(=N)N)n1. The van der Waals surface area contributed by atoms with Gasteiger partial charge < -0.3 is 15.4 Å². The quantitative estimate of drug-likeness (QED) is 0.584. The Labute approximate surface area is 100 Å². The summed E-state index contributed by atoms with van der Waals surface area (Å²) in [5.41, 5.74) is 5.87. The fraction of sp³-hybridized carbons (Fsp3) is 0.545. The zero-order chi connectivity index (χ0) is 12.4. The molecule has 17 heavy (non-hydrogen) atoms. The Morgan fingerprint density at radius 3 is 3.00 bits per heavy atom. The van der Waals surface area contributed by atoms with Crippen LogP contribution < -0.4 is 10.6 Å². The first-order valence-corrected chi connectivity index (χ1v) is 5.61. The van der Waals surface area contributed by atoms with Gasteiger partial charge in [-0.2, -0.15) is 0 Å². The molecule has 0 aliphatic carbocycles. The summed E-state index contributed by atoms with van der Waals surface area (Å²) in [6, 6.07) is 1.91. The van der Waals surface area contributed by atoms with E-state index in [9.17, 15) is 0 Å². The van der Waals surface area contributed by atoms with E-state index in [0.717, 1.165) is 13.0 Å². The second kappa shape index (κ2) is 4.67. The molecule has 0 aromatic carbocycles. The highest BCUT2D eigenvalue weighted by Crippen LogP contribution is 2.21. The summed E-state index contributed by atoms with van der Waals surface area (Å²) in [5, 5.41) is 7.37. The number of rotatable bonds is 3. The Morgan fingerprint density at radius 1 is 1.65 bits per heavy atom. The number of amidine groups is 1. The van der Waals surface area contributed by atoms with Gasteiger partial charge in [0, 0.05) is 19.9 Å². The standard InChI is InChI=1S/C11H17N5O/c1-7-9(4-6-17-7)16(2)11-14-5-3-8(15-11)10(12)13/h3,5,7,9H,4,6H2,1-2H3,(H3,12,13). The number of nitrogens with two attached hydrogens (primary N) is 1. The fourth-order valence-corrected chi connectivity index (χ4v) is 2.05. The first-order chi connectivity index (χ1) is 8.09. The lowest BCUT2D eigenvalue weighted by Crippen LogP contribution is -2.38. The molecule has 0 saturated carbocycles. The normalized spacial score (nSPS) is 23.6. The highest BCUT2D eigenvalue weighted by atomic mass is 16.5. The van der Waals surface area contributed by atoms with Gasteiger partial charge in [0.05, 0.1) is 12.1 Å². The Bertz CT molecular complexity index is 422. The predicted molar refractivity (Wildman–Crippen MR) is 65.3 cm³/mol. The molecule has 1 fully saturated rings. The molecule has 6 nitrogen and oxygen atoms in total. The van der Waals surface area contributed by atoms with Crippen LogP contribution in [0.1, 0.15) is 19.0 Å². The molecule has 0 bridgehead atoms. The molecular weight excluding hydrogens is 218 g/mol. The lowest BCUT2D eigenvalue weighted by Gasteiger charge is -2.26. The molecule has 1 aliphatic heterocycles. The number of hydrogen-bond donors (Lipinski definition) is 2. The van der Waals surface area contributed by atoms with Crippen LogP contribution in [0.25, 0.3) is 0 Å². The van der Waals surface area contributed by atoms with Gasteiger partial charge in [-0.1, -0.05) is 0 Å². The van der Waals surface area contributed by atoms with E-state index in [4.69, 9.17) is 15.9 Å². The molecule has 1 aromatic heterocycles. The molecule has 0 radical (unpaired) electrons. The maximum Gasteiger partial charge on any atom is 0.226 e. The van der Waals surface area contributed by atoms with Gasteiger partial charge in [-0.25, -0.2) is 9.97 Å². The molecule has 1 aliphatic rings. The van der Waals surface area contributed by atoms with Crippen molar-refractivity contribution in [3.8, 4) is 0 Å². The van der Waals surface area contributed by atoms with Crippen molar-refractivity contribution in [2.24, 2.45) is 5.73 Å². The van der Waals surface area contributed by atoms with Crippen LogP contribution in [0.4, 0.5) is 5.95 Å². The van der Waals surface area contributed by atoms with Crippen molar-refractivity contribution < 1.29 is 4.74 Å². The molecule has 2 heterocycles. The molecule has 3 N–H and O–H groups in total. The van der Waals surface area contributed by atoms with E-state index >= 15 is 0 Å². The number of ether oxygens (including phenoxy) is 1. The van der Waals surface area contributed by atoms with Crippen LogP contribution in [-0.4, -0.2) is 41.6 Å². The molecule has 92 valence electrons. The number of nitrogens with zero attached hydrogens (tertiary/aromatic N) is 3. The predicted octanol–water partition coefficient (Wildman–Crippen LogP) is 0.374. The largest absolute Gasteiger partial charge is 0.382 e. The van der Waals surface area contributed by atoms with Gasteiger partial charge in [-0.05, 0) is 19.4 Å². The summed E-state index contributed by atoms with van der Waals surface area (Å²) < 4.78 is 5.52. The van der Waals surface area contributed by atoms with Gasteiger partial charge in [-0.3, -0.25) is 5.41 Å². The summed E-state index contributed by atoms with van der Waals surface area (Å²) >= 11 is 0. The molecule has 0 amide bonds. The smallest absolute Gasteiger partial charge is 0.226 e. The highest BCUT2D eigenvalue weighted by Gasteiger charge is 2.29. The van der Waals surface area contributed by atoms with Crippen LogP contribution in [0.2, 0.25) is 0 Å². The van der Waals surface area contributed by atoms with Crippen molar-refractivity contribution in [1.29, 1.82) is 5.41 Å². The number of aromatic nitrogens is 2. The highest BCUT2D eigenvalue weighted by molar-refractivity contribution is 5.93. The lowest BCUT2D eigenvalue weighted by atomic mass is 10.1. The molecule has 6 heteroatoms. The van der Waals surface area contributed by atoms with Gasteiger partial charge in [0.1, 0.15) is 11.5 Å². The molecule has 1 saturated heterocycles. The van der Waals surface area contributed by atoms with E-state index in [2.05, 4.69) is 9.97 Å². The van der Waals surface area contributed by atoms with Crippen molar-refractivity contribution in [3.63, 3.8) is 0 Å². The average Bonchev–Trinajstić information content (AvgIpc) is 2.74. The zero-order valence-electron chi connectivity index (χ0n) is 10.1. The van der Waals surface area contributed by atoms with Crippen LogP contribution in [0.3, 0.4) is 0 Å². The minimum absolute atomic E-state index is 0.0437. The van der Waals surface area contributed by atoms with Gasteiger partial charge in [-0.15, -0.1) is 0 Å². The molecular formula is C11H17N5O. The average molecular weight is 235 g/mol. The minimum atomic E-state index is -0.0437. The van der Waals surface area contributed by atoms with Crippen LogP contribution in [0, 0.1) is 5.41 Å². The first kappa shape index (κ1) is 11.8. The molecule has 2 atom stereocenters. The Balaban J connectivity index is 2.21. The van der Waals surface area contributed by atoms with Crippen LogP contribution in [0.15, 0.2) is 12.3 Å². The minimum Gasteiger partial charge on any atom is -0.382 e. The van der Waals surface area contributed by atoms with E-state index in [1.54, 1.807) is 12.3 Å². The van der Waals surface area contributed by atoms with Gasteiger partial charge in [0.15, 0.2) is 0 Å². The first-order valence-electron chi connectivity index (χ1n) is 5.61. The van der Waals surface area contributed by atoms with Crippen molar-refractivity contribution in [2.75, 3.05) is 18.6 Å². The second-order valence-corrected chi connectivity index (χ2v) is 4.20. The summed E-state index contributed by atoms with van der Waals surface area (Å²) in [6.45, 7) is 2.81. The topological polar surface area (TPSA) is 88.1 Å². The van der Waals surface area contributed by atoms with E-state index in [0.29, 0.717) is 11.6 Å². The number of anilines is 1. The Kier molecular flexibility index (Phi) is 3.23. The maximum atomic E-state index is 7.37. The van der Waals surface area contributed by atoms with E-state index in [1.807, 2.05) is 18.9 Å². The Hall–Kier alpha value is -1.69. The summed E-state index contributed by atoms with van der Waals surface area (Å²) in [7, 11) is 1.94. The lowest BCUT2D eigenvalue weighted by molar-refractivity contribution is 0.118. The zero-order valence-corrected chi connectivity index (χ0v) is 10.1. The number of likely N-dealkylation sites (N-methyl/N-ethyl adjacent to an activating group) is 1. The van der Waals surface area contributed by atoms with Gasteiger partial charge in [0.2, 0.25) is 5.95 Å². The number of hydrogen-bond acceptors (Lipinski definition) is 5. The third-order valence-corrected chi connectivity index (χ3v) is 3.07. The second-order valence-electron chi connectivity index (χ2n) is 4.20. The third kappa shape index (κ3) is 2.36. The summed E-state index contributed by atoms with van der Waals surface area (Å²) in [4.78, 5) is 10.5. The van der Waals surface area contributed by atoms with Gasteiger partial charge >= 0.3 is 0 Å². The molecule has 0 spiro atoms. The van der Waals surface area contributed by atoms with Crippen molar-refractivity contribution >= 4 is 11.8 Å². The monoisotopic (exact) mass is 235 g/mol. The summed E-state index contributed by atoms with van der Waals surface area (Å²) in [5.74, 6) is 0.540. The number of nitrogen functional groups attached to an aromatic ring is 1. The molecule has 2 unspecified atom stereocenters. The molecule has 1 aromatic rings. The fourth-order valence-electron chi connectivity index (χ4n) is 2.05.